The van der Waals surface area contributed by atoms with Gasteiger partial charge in [0.25, 0.3) is 0 Å². The average Bonchev–Trinajstić information content (AvgIpc) is 2.30. The van der Waals surface area contributed by atoms with Gasteiger partial charge in [-0.15, -0.1) is 0 Å². The summed E-state index contributed by atoms with van der Waals surface area (Å²) in [7, 11) is -3.54. The largest absolute Gasteiger partial charge is 0.396 e. The number of benzene rings is 1. The van der Waals surface area contributed by atoms with Gasteiger partial charge in [0.15, 0.2) is 0 Å². The molecule has 0 bridgehead atoms. The van der Waals surface area contributed by atoms with Crippen LogP contribution in [0.2, 0.25) is 5.02 Å². The van der Waals surface area contributed by atoms with Crippen molar-refractivity contribution < 1.29 is 13.5 Å². The van der Waals surface area contributed by atoms with Crippen LogP contribution in [0.4, 0.5) is 0 Å². The van der Waals surface area contributed by atoms with Crippen LogP contribution < -0.4 is 4.72 Å². The van der Waals surface area contributed by atoms with Crippen molar-refractivity contribution in [3.63, 3.8) is 0 Å². The lowest BCUT2D eigenvalue weighted by atomic mass is 10.1. The quantitative estimate of drug-likeness (QED) is 0.842. The Bertz CT molecular complexity index is 502. The van der Waals surface area contributed by atoms with E-state index in [9.17, 15) is 8.42 Å². The zero-order chi connectivity index (χ0) is 13.8. The van der Waals surface area contributed by atoms with E-state index in [4.69, 9.17) is 16.7 Å². The van der Waals surface area contributed by atoms with Gasteiger partial charge in [-0.2, -0.15) is 0 Å². The van der Waals surface area contributed by atoms with Crippen LogP contribution in [0.5, 0.6) is 0 Å². The summed E-state index contributed by atoms with van der Waals surface area (Å²) in [5.74, 6) is 0.0873. The van der Waals surface area contributed by atoms with E-state index in [1.807, 2.05) is 6.92 Å². The molecule has 0 amide bonds. The van der Waals surface area contributed by atoms with Gasteiger partial charge in [-0.1, -0.05) is 24.6 Å². The van der Waals surface area contributed by atoms with Crippen molar-refractivity contribution in [2.75, 3.05) is 13.2 Å². The summed E-state index contributed by atoms with van der Waals surface area (Å²) >= 11 is 5.91. The van der Waals surface area contributed by atoms with Crippen LogP contribution in [-0.4, -0.2) is 26.7 Å². The van der Waals surface area contributed by atoms with Crippen LogP contribution in [0.15, 0.2) is 23.1 Å². The third-order valence-corrected chi connectivity index (χ3v) is 4.73. The Kier molecular flexibility index (Phi) is 5.59. The van der Waals surface area contributed by atoms with E-state index in [0.717, 1.165) is 0 Å². The van der Waals surface area contributed by atoms with Gasteiger partial charge in [-0.25, -0.2) is 13.1 Å². The molecule has 1 rings (SSSR count). The first kappa shape index (κ1) is 15.4. The summed E-state index contributed by atoms with van der Waals surface area (Å²) in [6.45, 7) is 3.91. The van der Waals surface area contributed by atoms with Crippen molar-refractivity contribution in [3.05, 3.63) is 28.8 Å². The first-order chi connectivity index (χ1) is 8.38. The lowest BCUT2D eigenvalue weighted by Crippen LogP contribution is -2.29. The van der Waals surface area contributed by atoms with E-state index in [1.54, 1.807) is 19.1 Å². The molecule has 0 aliphatic rings. The van der Waals surface area contributed by atoms with Crippen molar-refractivity contribution in [1.29, 1.82) is 0 Å². The Balaban J connectivity index is 2.84. The summed E-state index contributed by atoms with van der Waals surface area (Å²) in [5.41, 5.74) is 0.543. The van der Waals surface area contributed by atoms with Crippen LogP contribution in [0.25, 0.3) is 0 Å². The molecule has 1 atom stereocenters. The first-order valence-corrected chi connectivity index (χ1v) is 7.60. The van der Waals surface area contributed by atoms with Gasteiger partial charge < -0.3 is 5.11 Å². The predicted molar refractivity (Wildman–Crippen MR) is 72.2 cm³/mol. The highest BCUT2D eigenvalue weighted by Crippen LogP contribution is 2.22. The lowest BCUT2D eigenvalue weighted by molar-refractivity contribution is 0.263. The molecule has 0 aromatic heterocycles. The minimum atomic E-state index is -3.54. The zero-order valence-electron chi connectivity index (χ0n) is 10.5. The first-order valence-electron chi connectivity index (χ1n) is 5.74. The topological polar surface area (TPSA) is 66.4 Å². The van der Waals surface area contributed by atoms with E-state index in [1.165, 1.54) is 6.07 Å². The van der Waals surface area contributed by atoms with Gasteiger partial charge in [0.2, 0.25) is 10.0 Å². The number of halogens is 1. The number of hydrogen-bond donors (Lipinski definition) is 2. The molecule has 1 unspecified atom stereocenters. The van der Waals surface area contributed by atoms with Crippen LogP contribution in [0, 0.1) is 12.8 Å². The van der Waals surface area contributed by atoms with Crippen molar-refractivity contribution >= 4 is 21.6 Å². The molecule has 102 valence electrons. The molecule has 18 heavy (non-hydrogen) atoms. The van der Waals surface area contributed by atoms with Crippen LogP contribution in [0.3, 0.4) is 0 Å². The van der Waals surface area contributed by atoms with E-state index < -0.39 is 10.0 Å². The molecule has 0 heterocycles. The number of nitrogens with one attached hydrogen (secondary N) is 1. The Morgan fingerprint density at radius 1 is 1.44 bits per heavy atom. The minimum Gasteiger partial charge on any atom is -0.396 e. The minimum absolute atomic E-state index is 0.0546. The summed E-state index contributed by atoms with van der Waals surface area (Å²) in [4.78, 5) is 0.200. The number of aliphatic hydroxyl groups is 1. The molecule has 6 heteroatoms. The molecule has 0 saturated carbocycles. The third kappa shape index (κ3) is 3.95. The number of rotatable bonds is 6. The second-order valence-electron chi connectivity index (χ2n) is 4.33. The summed E-state index contributed by atoms with van der Waals surface area (Å²) in [5, 5.41) is 9.20. The van der Waals surface area contributed by atoms with Crippen molar-refractivity contribution in [2.24, 2.45) is 5.92 Å². The maximum atomic E-state index is 12.1. The second-order valence-corrected chi connectivity index (χ2v) is 6.47. The molecule has 1 aromatic carbocycles. The Morgan fingerprint density at radius 2 is 2.11 bits per heavy atom. The monoisotopic (exact) mass is 291 g/mol. The number of hydrogen-bond acceptors (Lipinski definition) is 3. The maximum Gasteiger partial charge on any atom is 0.240 e. The van der Waals surface area contributed by atoms with Crippen molar-refractivity contribution in [3.8, 4) is 0 Å². The molecule has 0 radical (unpaired) electrons. The standard InChI is InChI=1S/C12H18ClNO3S/c1-9(6-7-15)8-14-18(16,17)12-5-3-4-11(13)10(12)2/h3-5,9,14-15H,6-8H2,1-2H3. The smallest absolute Gasteiger partial charge is 0.240 e. The molecular formula is C12H18ClNO3S. The Morgan fingerprint density at radius 3 is 2.72 bits per heavy atom. The summed E-state index contributed by atoms with van der Waals surface area (Å²) < 4.78 is 26.7. The SMILES string of the molecule is Cc1c(Cl)cccc1S(=O)(=O)NCC(C)CCO. The third-order valence-electron chi connectivity index (χ3n) is 2.75. The van der Waals surface area contributed by atoms with E-state index in [-0.39, 0.29) is 17.4 Å². The molecule has 0 aliphatic heterocycles. The average molecular weight is 292 g/mol. The number of aliphatic hydroxyl groups excluding tert-OH is 1. The lowest BCUT2D eigenvalue weighted by Gasteiger charge is -2.13. The molecule has 1 aromatic rings. The highest BCUT2D eigenvalue weighted by molar-refractivity contribution is 7.89. The fourth-order valence-electron chi connectivity index (χ4n) is 1.53. The van der Waals surface area contributed by atoms with E-state index in [2.05, 4.69) is 4.72 Å². The summed E-state index contributed by atoms with van der Waals surface area (Å²) in [6.07, 6.45) is 0.567. The molecule has 2 N–H and O–H groups in total. The number of sulfonamides is 1. The van der Waals surface area contributed by atoms with Gasteiger partial charge in [0.05, 0.1) is 4.90 Å². The van der Waals surface area contributed by atoms with Gasteiger partial charge >= 0.3 is 0 Å². The molecular weight excluding hydrogens is 274 g/mol. The van der Waals surface area contributed by atoms with Crippen LogP contribution in [0.1, 0.15) is 18.9 Å². The maximum absolute atomic E-state index is 12.1. The Hall–Kier alpha value is -0.620. The molecule has 4 nitrogen and oxygen atoms in total. The van der Waals surface area contributed by atoms with Crippen molar-refractivity contribution in [1.82, 2.24) is 4.72 Å². The molecule has 0 spiro atoms. The van der Waals surface area contributed by atoms with Gasteiger partial charge in [-0.05, 0) is 37.0 Å². The zero-order valence-corrected chi connectivity index (χ0v) is 12.1. The fourth-order valence-corrected chi connectivity index (χ4v) is 3.19. The van der Waals surface area contributed by atoms with Crippen LogP contribution in [-0.2, 0) is 10.0 Å². The van der Waals surface area contributed by atoms with E-state index in [0.29, 0.717) is 23.6 Å². The van der Waals surface area contributed by atoms with Crippen LogP contribution >= 0.6 is 11.6 Å². The van der Waals surface area contributed by atoms with Gasteiger partial charge in [0.1, 0.15) is 0 Å². The van der Waals surface area contributed by atoms with Crippen molar-refractivity contribution in [2.45, 2.75) is 25.2 Å². The van der Waals surface area contributed by atoms with Gasteiger partial charge in [0, 0.05) is 18.2 Å². The molecule has 0 aliphatic carbocycles. The van der Waals surface area contributed by atoms with Gasteiger partial charge in [-0.3, -0.25) is 0 Å². The second kappa shape index (κ2) is 6.52. The molecule has 0 fully saturated rings. The van der Waals surface area contributed by atoms with E-state index >= 15 is 0 Å². The molecule has 0 saturated heterocycles. The highest BCUT2D eigenvalue weighted by atomic mass is 35.5. The predicted octanol–water partition coefficient (Wildman–Crippen LogP) is 1.95. The Labute approximate surface area is 113 Å². The normalized spacial score (nSPS) is 13.6. The fraction of sp³-hybridized carbons (Fsp3) is 0.500. The summed E-state index contributed by atoms with van der Waals surface area (Å²) in [6, 6.07) is 4.80. The highest BCUT2D eigenvalue weighted by Gasteiger charge is 2.18.